The molecule has 0 radical (unpaired) electrons. The van der Waals surface area contributed by atoms with Gasteiger partial charge in [0.2, 0.25) is 5.91 Å². The van der Waals surface area contributed by atoms with Crippen LogP contribution in [0.4, 0.5) is 18.9 Å². The Morgan fingerprint density at radius 1 is 1.19 bits per heavy atom. The zero-order valence-corrected chi connectivity index (χ0v) is 16.0. The van der Waals surface area contributed by atoms with Gasteiger partial charge in [0.15, 0.2) is 0 Å². The normalized spacial score (nSPS) is 17.1. The van der Waals surface area contributed by atoms with E-state index in [1.54, 1.807) is 30.3 Å². The molecular weight excluding hydrogens is 417 g/mol. The molecule has 0 saturated heterocycles. The monoisotopic (exact) mass is 436 g/mol. The minimum absolute atomic E-state index is 0.00433. The third-order valence-corrected chi connectivity index (χ3v) is 4.48. The van der Waals surface area contributed by atoms with Crippen molar-refractivity contribution in [2.75, 3.05) is 11.6 Å². The summed E-state index contributed by atoms with van der Waals surface area (Å²) in [4.78, 5) is 24.2. The maximum absolute atomic E-state index is 12.5. The van der Waals surface area contributed by atoms with Crippen LogP contribution in [0.3, 0.4) is 0 Å². The zero-order chi connectivity index (χ0) is 22.6. The van der Waals surface area contributed by atoms with Crippen LogP contribution in [0, 0.1) is 0 Å². The van der Waals surface area contributed by atoms with E-state index in [2.05, 4.69) is 15.2 Å². The van der Waals surface area contributed by atoms with Crippen molar-refractivity contribution in [3.63, 3.8) is 0 Å². The molecule has 2 unspecified atom stereocenters. The summed E-state index contributed by atoms with van der Waals surface area (Å²) in [5, 5.41) is 18.3. The van der Waals surface area contributed by atoms with Gasteiger partial charge < -0.3 is 20.9 Å². The first-order chi connectivity index (χ1) is 14.6. The molecule has 0 aromatic heterocycles. The molecule has 11 heteroatoms. The third-order valence-electron chi connectivity index (χ3n) is 4.48. The molecule has 0 spiro atoms. The standard InChI is InChI=1S/C20H19F3N4O4/c21-20(22,23)31-14-8-6-12(7-9-14)17(28)11-25-19(30)15-10-16(18(24)29)27(26-15)13-4-2-1-3-5-13/h1-9,16-17,28H,10-11H2,(H2,24,29)(H,25,30). The predicted molar refractivity (Wildman–Crippen MR) is 105 cm³/mol. The van der Waals surface area contributed by atoms with E-state index in [9.17, 15) is 27.9 Å². The highest BCUT2D eigenvalue weighted by atomic mass is 19.4. The number of nitrogens with zero attached hydrogens (tertiary/aromatic N) is 2. The van der Waals surface area contributed by atoms with Crippen LogP contribution >= 0.6 is 0 Å². The molecule has 1 aliphatic heterocycles. The molecule has 0 fully saturated rings. The number of hydrazone groups is 1. The van der Waals surface area contributed by atoms with Gasteiger partial charge in [-0.05, 0) is 29.8 Å². The number of carbonyl (C=O) groups is 2. The number of halogens is 3. The Morgan fingerprint density at radius 2 is 1.84 bits per heavy atom. The minimum atomic E-state index is -4.81. The fourth-order valence-electron chi connectivity index (χ4n) is 2.99. The number of benzene rings is 2. The fraction of sp³-hybridized carbons (Fsp3) is 0.250. The van der Waals surface area contributed by atoms with Crippen LogP contribution in [-0.4, -0.2) is 41.6 Å². The van der Waals surface area contributed by atoms with Crippen LogP contribution in [0.1, 0.15) is 18.1 Å². The van der Waals surface area contributed by atoms with Crippen LogP contribution in [0.15, 0.2) is 59.7 Å². The summed E-state index contributed by atoms with van der Waals surface area (Å²) in [6, 6.07) is 12.5. The van der Waals surface area contributed by atoms with Crippen molar-refractivity contribution in [3.8, 4) is 5.75 Å². The highest BCUT2D eigenvalue weighted by molar-refractivity contribution is 6.40. The van der Waals surface area contributed by atoms with E-state index in [1.165, 1.54) is 17.1 Å². The largest absolute Gasteiger partial charge is 0.573 e. The maximum atomic E-state index is 12.5. The first-order valence-electron chi connectivity index (χ1n) is 9.17. The van der Waals surface area contributed by atoms with Gasteiger partial charge in [-0.15, -0.1) is 13.2 Å². The van der Waals surface area contributed by atoms with E-state index in [-0.39, 0.29) is 24.2 Å². The third kappa shape index (κ3) is 5.72. The number of alkyl halides is 3. The topological polar surface area (TPSA) is 117 Å². The van der Waals surface area contributed by atoms with Crippen molar-refractivity contribution in [2.24, 2.45) is 10.8 Å². The maximum Gasteiger partial charge on any atom is 0.573 e. The second kappa shape index (κ2) is 9.04. The van der Waals surface area contributed by atoms with Gasteiger partial charge in [0, 0.05) is 13.0 Å². The van der Waals surface area contributed by atoms with Gasteiger partial charge >= 0.3 is 6.36 Å². The Balaban J connectivity index is 1.61. The molecule has 2 aromatic carbocycles. The molecule has 0 bridgehead atoms. The summed E-state index contributed by atoms with van der Waals surface area (Å²) in [7, 11) is 0. The number of hydrogen-bond donors (Lipinski definition) is 3. The Hall–Kier alpha value is -3.60. The molecule has 0 saturated carbocycles. The number of aliphatic hydroxyl groups excluding tert-OH is 1. The number of para-hydroxylation sites is 1. The van der Waals surface area contributed by atoms with Gasteiger partial charge in [0.1, 0.15) is 17.5 Å². The van der Waals surface area contributed by atoms with E-state index >= 15 is 0 Å². The molecule has 164 valence electrons. The molecule has 3 rings (SSSR count). The molecule has 0 aliphatic carbocycles. The van der Waals surface area contributed by atoms with Gasteiger partial charge in [-0.2, -0.15) is 5.10 Å². The van der Waals surface area contributed by atoms with Gasteiger partial charge in [-0.1, -0.05) is 30.3 Å². The van der Waals surface area contributed by atoms with E-state index < -0.39 is 36.1 Å². The molecule has 2 amide bonds. The molecule has 31 heavy (non-hydrogen) atoms. The number of primary amides is 1. The second-order valence-electron chi connectivity index (χ2n) is 6.69. The minimum Gasteiger partial charge on any atom is -0.406 e. The average Bonchev–Trinajstić information content (AvgIpc) is 3.18. The van der Waals surface area contributed by atoms with Crippen LogP contribution < -0.4 is 20.8 Å². The van der Waals surface area contributed by atoms with E-state index in [1.807, 2.05) is 0 Å². The number of hydrogen-bond acceptors (Lipinski definition) is 6. The van der Waals surface area contributed by atoms with Gasteiger partial charge in [-0.25, -0.2) is 0 Å². The number of aliphatic hydroxyl groups is 1. The number of carbonyl (C=O) groups excluding carboxylic acids is 2. The van der Waals surface area contributed by atoms with Crippen molar-refractivity contribution in [2.45, 2.75) is 24.9 Å². The fourth-order valence-corrected chi connectivity index (χ4v) is 2.99. The van der Waals surface area contributed by atoms with Crippen LogP contribution in [0.5, 0.6) is 5.75 Å². The van der Waals surface area contributed by atoms with E-state index in [4.69, 9.17) is 5.73 Å². The summed E-state index contributed by atoms with van der Waals surface area (Å²) in [6.45, 7) is -0.218. The summed E-state index contributed by atoms with van der Waals surface area (Å²) in [5.41, 5.74) is 6.37. The quantitative estimate of drug-likeness (QED) is 0.613. The highest BCUT2D eigenvalue weighted by Crippen LogP contribution is 2.25. The Morgan fingerprint density at radius 3 is 2.42 bits per heavy atom. The molecule has 8 nitrogen and oxygen atoms in total. The number of anilines is 1. The molecule has 2 aromatic rings. The summed E-state index contributed by atoms with van der Waals surface area (Å²) in [5.74, 6) is -1.66. The van der Waals surface area contributed by atoms with Crippen LogP contribution in [0.25, 0.3) is 0 Å². The first kappa shape index (κ1) is 22.1. The average molecular weight is 436 g/mol. The summed E-state index contributed by atoms with van der Waals surface area (Å²) < 4.78 is 40.4. The molecule has 1 aliphatic rings. The van der Waals surface area contributed by atoms with Crippen molar-refractivity contribution in [1.29, 1.82) is 0 Å². The number of ether oxygens (including phenoxy) is 1. The van der Waals surface area contributed by atoms with Gasteiger partial charge in [0.05, 0.1) is 11.8 Å². The highest BCUT2D eigenvalue weighted by Gasteiger charge is 2.35. The van der Waals surface area contributed by atoms with Crippen molar-refractivity contribution >= 4 is 23.2 Å². The number of nitrogens with one attached hydrogen (secondary N) is 1. The Bertz CT molecular complexity index is 965. The van der Waals surface area contributed by atoms with Gasteiger partial charge in [-0.3, -0.25) is 14.6 Å². The molecule has 2 atom stereocenters. The summed E-state index contributed by atoms with van der Waals surface area (Å²) in [6.07, 6.45) is -6.00. The number of amides is 2. The molecule has 1 heterocycles. The van der Waals surface area contributed by atoms with Crippen molar-refractivity contribution in [1.82, 2.24) is 5.32 Å². The number of nitrogens with two attached hydrogens (primary N) is 1. The number of rotatable bonds is 7. The zero-order valence-electron chi connectivity index (χ0n) is 16.0. The van der Waals surface area contributed by atoms with Crippen molar-refractivity contribution < 1.29 is 32.6 Å². The molecule has 4 N–H and O–H groups in total. The SMILES string of the molecule is NC(=O)C1CC(C(=O)NCC(O)c2ccc(OC(F)(F)F)cc2)=NN1c1ccccc1. The van der Waals surface area contributed by atoms with Crippen LogP contribution in [0.2, 0.25) is 0 Å². The summed E-state index contributed by atoms with van der Waals surface area (Å²) >= 11 is 0. The van der Waals surface area contributed by atoms with E-state index in [0.717, 1.165) is 12.1 Å². The lowest BCUT2D eigenvalue weighted by atomic mass is 10.1. The second-order valence-corrected chi connectivity index (χ2v) is 6.69. The van der Waals surface area contributed by atoms with Gasteiger partial charge in [0.25, 0.3) is 5.91 Å². The lowest BCUT2D eigenvalue weighted by Gasteiger charge is -2.20. The van der Waals surface area contributed by atoms with Crippen LogP contribution in [-0.2, 0) is 9.59 Å². The Labute approximate surface area is 175 Å². The lowest BCUT2D eigenvalue weighted by Crippen LogP contribution is -2.40. The smallest absolute Gasteiger partial charge is 0.406 e. The first-order valence-corrected chi connectivity index (χ1v) is 9.17. The Kier molecular flexibility index (Phi) is 6.44. The molecular formula is C20H19F3N4O4. The predicted octanol–water partition coefficient (Wildman–Crippen LogP) is 1.85. The van der Waals surface area contributed by atoms with E-state index in [0.29, 0.717) is 5.69 Å². The van der Waals surface area contributed by atoms with Crippen molar-refractivity contribution in [3.05, 3.63) is 60.2 Å². The lowest BCUT2D eigenvalue weighted by molar-refractivity contribution is -0.274.